The summed E-state index contributed by atoms with van der Waals surface area (Å²) in [6.45, 7) is 3.64. The van der Waals surface area contributed by atoms with Gasteiger partial charge in [0.05, 0.1) is 5.56 Å². The van der Waals surface area contributed by atoms with Gasteiger partial charge in [-0.05, 0) is 60.4 Å². The van der Waals surface area contributed by atoms with Crippen LogP contribution in [0.25, 0.3) is 11.1 Å². The third-order valence-corrected chi connectivity index (χ3v) is 3.14. The van der Waals surface area contributed by atoms with Crippen LogP contribution in [0.3, 0.4) is 0 Å². The first-order valence-electron chi connectivity index (χ1n) is 5.73. The number of hydrogen-bond acceptors (Lipinski definition) is 0. The van der Waals surface area contributed by atoms with Crippen LogP contribution in [0.5, 0.6) is 0 Å². The van der Waals surface area contributed by atoms with Gasteiger partial charge in [0.25, 0.3) is 0 Å². The maximum atomic E-state index is 12.7. The molecule has 2 rings (SSSR count). The highest BCUT2D eigenvalue weighted by molar-refractivity contribution is 6.31. The van der Waals surface area contributed by atoms with Gasteiger partial charge in [0, 0.05) is 5.02 Å². The first kappa shape index (κ1) is 13.9. The first-order valence-corrected chi connectivity index (χ1v) is 6.10. The molecule has 0 amide bonds. The molecule has 0 nitrogen and oxygen atoms in total. The van der Waals surface area contributed by atoms with Crippen molar-refractivity contribution in [2.45, 2.75) is 20.0 Å². The molecule has 0 N–H and O–H groups in total. The van der Waals surface area contributed by atoms with Crippen LogP contribution in [0, 0.1) is 13.8 Å². The Balaban J connectivity index is 2.61. The molecule has 0 bridgehead atoms. The number of alkyl halides is 3. The number of benzene rings is 2. The normalized spacial score (nSPS) is 11.7. The van der Waals surface area contributed by atoms with Crippen molar-refractivity contribution in [3.8, 4) is 11.1 Å². The van der Waals surface area contributed by atoms with Gasteiger partial charge in [-0.2, -0.15) is 13.2 Å². The summed E-state index contributed by atoms with van der Waals surface area (Å²) in [5.41, 5.74) is 2.31. The summed E-state index contributed by atoms with van der Waals surface area (Å²) in [5, 5.41) is 0.520. The lowest BCUT2D eigenvalue weighted by Crippen LogP contribution is -2.05. The maximum absolute atomic E-state index is 12.7. The SMILES string of the molecule is Cc1cc(Cl)cc(-c2cc(C(F)(F)F)ccc2C)c1. The highest BCUT2D eigenvalue weighted by Gasteiger charge is 2.30. The lowest BCUT2D eigenvalue weighted by atomic mass is 9.97. The molecule has 0 spiro atoms. The van der Waals surface area contributed by atoms with Crippen LogP contribution in [-0.2, 0) is 6.18 Å². The van der Waals surface area contributed by atoms with E-state index in [1.54, 1.807) is 19.1 Å². The molecule has 100 valence electrons. The summed E-state index contributed by atoms with van der Waals surface area (Å²) in [6, 6.07) is 9.02. The van der Waals surface area contributed by atoms with Gasteiger partial charge in [0.1, 0.15) is 0 Å². The van der Waals surface area contributed by atoms with Gasteiger partial charge in [0.15, 0.2) is 0 Å². The van der Waals surface area contributed by atoms with Gasteiger partial charge in [0.2, 0.25) is 0 Å². The van der Waals surface area contributed by atoms with Gasteiger partial charge in [-0.3, -0.25) is 0 Å². The van der Waals surface area contributed by atoms with Gasteiger partial charge in [-0.15, -0.1) is 0 Å². The lowest BCUT2D eigenvalue weighted by molar-refractivity contribution is -0.137. The molecule has 0 heterocycles. The van der Waals surface area contributed by atoms with Crippen LogP contribution in [-0.4, -0.2) is 0 Å². The van der Waals surface area contributed by atoms with Crippen molar-refractivity contribution in [2.24, 2.45) is 0 Å². The third kappa shape index (κ3) is 3.10. The minimum atomic E-state index is -4.34. The fourth-order valence-corrected chi connectivity index (χ4v) is 2.29. The summed E-state index contributed by atoms with van der Waals surface area (Å²) in [4.78, 5) is 0. The molecule has 0 radical (unpaired) electrons. The van der Waals surface area contributed by atoms with Gasteiger partial charge < -0.3 is 0 Å². The largest absolute Gasteiger partial charge is 0.416 e. The molecule has 19 heavy (non-hydrogen) atoms. The van der Waals surface area contributed by atoms with Crippen molar-refractivity contribution >= 4 is 11.6 Å². The van der Waals surface area contributed by atoms with E-state index >= 15 is 0 Å². The molecule has 0 unspecified atom stereocenters. The fourth-order valence-electron chi connectivity index (χ4n) is 2.00. The average Bonchev–Trinajstić information content (AvgIpc) is 2.26. The second-order valence-corrected chi connectivity index (χ2v) is 4.98. The van der Waals surface area contributed by atoms with Crippen molar-refractivity contribution in [1.82, 2.24) is 0 Å². The quantitative estimate of drug-likeness (QED) is 0.635. The van der Waals surface area contributed by atoms with Crippen molar-refractivity contribution in [3.05, 3.63) is 58.1 Å². The second kappa shape index (κ2) is 4.89. The van der Waals surface area contributed by atoms with E-state index < -0.39 is 11.7 Å². The molecule has 2 aromatic rings. The second-order valence-electron chi connectivity index (χ2n) is 4.54. The summed E-state index contributed by atoms with van der Waals surface area (Å²) in [7, 11) is 0. The first-order chi connectivity index (χ1) is 8.77. The van der Waals surface area contributed by atoms with E-state index in [0.29, 0.717) is 16.1 Å². The molecule has 0 saturated heterocycles. The summed E-state index contributed by atoms with van der Waals surface area (Å²) < 4.78 is 38.2. The molecule has 0 fully saturated rings. The van der Waals surface area contributed by atoms with Crippen LogP contribution < -0.4 is 0 Å². The monoisotopic (exact) mass is 284 g/mol. The average molecular weight is 285 g/mol. The molecule has 4 heteroatoms. The van der Waals surface area contributed by atoms with Crippen LogP contribution in [0.2, 0.25) is 5.02 Å². The fraction of sp³-hybridized carbons (Fsp3) is 0.200. The number of hydrogen-bond donors (Lipinski definition) is 0. The molecule has 0 aliphatic rings. The van der Waals surface area contributed by atoms with Crippen molar-refractivity contribution < 1.29 is 13.2 Å². The van der Waals surface area contributed by atoms with Crippen molar-refractivity contribution in [2.75, 3.05) is 0 Å². The van der Waals surface area contributed by atoms with E-state index in [2.05, 4.69) is 0 Å². The Hall–Kier alpha value is -1.48. The van der Waals surface area contributed by atoms with Crippen molar-refractivity contribution in [1.29, 1.82) is 0 Å². The van der Waals surface area contributed by atoms with E-state index in [0.717, 1.165) is 17.2 Å². The van der Waals surface area contributed by atoms with Gasteiger partial charge in [-0.25, -0.2) is 0 Å². The number of halogens is 4. The molecular formula is C15H12ClF3. The van der Waals surface area contributed by atoms with E-state index in [9.17, 15) is 13.2 Å². The standard InChI is InChI=1S/C15H12ClF3/c1-9-5-11(7-13(16)6-9)14-8-12(15(17,18)19)4-3-10(14)2/h3-8H,1-2H3. The summed E-state index contributed by atoms with van der Waals surface area (Å²) in [5.74, 6) is 0. The highest BCUT2D eigenvalue weighted by atomic mass is 35.5. The van der Waals surface area contributed by atoms with E-state index in [1.807, 2.05) is 13.0 Å². The zero-order chi connectivity index (χ0) is 14.2. The molecule has 0 aromatic heterocycles. The molecule has 2 aromatic carbocycles. The predicted molar refractivity (Wildman–Crippen MR) is 71.4 cm³/mol. The van der Waals surface area contributed by atoms with Crippen LogP contribution in [0.15, 0.2) is 36.4 Å². The molecule has 0 aliphatic heterocycles. The van der Waals surface area contributed by atoms with Gasteiger partial charge >= 0.3 is 6.18 Å². The minimum absolute atomic E-state index is 0.520. The summed E-state index contributed by atoms with van der Waals surface area (Å²) in [6.07, 6.45) is -4.34. The predicted octanol–water partition coefficient (Wildman–Crippen LogP) is 5.64. The topological polar surface area (TPSA) is 0 Å². The number of rotatable bonds is 1. The van der Waals surface area contributed by atoms with Crippen LogP contribution in [0.4, 0.5) is 13.2 Å². The lowest BCUT2D eigenvalue weighted by Gasteiger charge is -2.12. The molecule has 0 aliphatic carbocycles. The highest BCUT2D eigenvalue weighted by Crippen LogP contribution is 2.34. The summed E-state index contributed by atoms with van der Waals surface area (Å²) >= 11 is 5.96. The maximum Gasteiger partial charge on any atom is 0.416 e. The van der Waals surface area contributed by atoms with E-state index in [4.69, 9.17) is 11.6 Å². The van der Waals surface area contributed by atoms with Gasteiger partial charge in [-0.1, -0.05) is 23.7 Å². The van der Waals surface area contributed by atoms with Crippen LogP contribution >= 0.6 is 11.6 Å². The molecular weight excluding hydrogens is 273 g/mol. The Morgan fingerprint density at radius 3 is 2.21 bits per heavy atom. The number of aryl methyl sites for hydroxylation is 2. The van der Waals surface area contributed by atoms with E-state index in [1.165, 1.54) is 12.1 Å². The third-order valence-electron chi connectivity index (χ3n) is 2.92. The molecule has 0 saturated carbocycles. The molecule has 0 atom stereocenters. The Kier molecular flexibility index (Phi) is 3.59. The Labute approximate surface area is 114 Å². The zero-order valence-electron chi connectivity index (χ0n) is 10.5. The Morgan fingerprint density at radius 1 is 0.947 bits per heavy atom. The van der Waals surface area contributed by atoms with Crippen LogP contribution in [0.1, 0.15) is 16.7 Å². The smallest absolute Gasteiger partial charge is 0.166 e. The minimum Gasteiger partial charge on any atom is -0.166 e. The Morgan fingerprint density at radius 2 is 1.63 bits per heavy atom. The van der Waals surface area contributed by atoms with Crippen molar-refractivity contribution in [3.63, 3.8) is 0 Å². The van der Waals surface area contributed by atoms with E-state index in [-0.39, 0.29) is 0 Å². The Bertz CT molecular complexity index is 595. The zero-order valence-corrected chi connectivity index (χ0v) is 11.2.